The zero-order valence-electron chi connectivity index (χ0n) is 17.9. The van der Waals surface area contributed by atoms with Gasteiger partial charge < -0.3 is 4.90 Å². The van der Waals surface area contributed by atoms with Gasteiger partial charge in [0.05, 0.1) is 6.04 Å². The zero-order chi connectivity index (χ0) is 19.9. The van der Waals surface area contributed by atoms with Crippen LogP contribution in [0.15, 0.2) is 60.7 Å². The van der Waals surface area contributed by atoms with Gasteiger partial charge in [-0.1, -0.05) is 60.7 Å². The van der Waals surface area contributed by atoms with E-state index in [2.05, 4.69) is 70.5 Å². The lowest BCUT2D eigenvalue weighted by Crippen LogP contribution is -2.48. The van der Waals surface area contributed by atoms with Crippen molar-refractivity contribution in [2.75, 3.05) is 26.2 Å². The third-order valence-electron chi connectivity index (χ3n) is 6.70. The number of amides is 1. The largest absolute Gasteiger partial charge is 0.341 e. The Bertz CT molecular complexity index is 759. The maximum atomic E-state index is 13.2. The molecule has 0 saturated carbocycles. The highest BCUT2D eigenvalue weighted by atomic mass is 35.5. The van der Waals surface area contributed by atoms with Crippen LogP contribution >= 0.6 is 12.4 Å². The Balaban J connectivity index is 0.00000256. The minimum absolute atomic E-state index is 0. The molecule has 2 aliphatic rings. The summed E-state index contributed by atoms with van der Waals surface area (Å²) in [6, 6.07) is 21.6. The van der Waals surface area contributed by atoms with E-state index >= 15 is 0 Å². The van der Waals surface area contributed by atoms with Crippen molar-refractivity contribution in [3.63, 3.8) is 0 Å². The molecule has 4 heteroatoms. The number of piperidine rings is 1. The standard InChI is InChI=1S/C26H34N2O.ClH/c29-26(28-19-15-24(16-20-28)21-23-11-5-2-6-12-23)25-14-8-18-27(25)17-7-13-22-9-3-1-4-10-22;/h1-6,9-12,24-25H,7-8,13-21H2;1H/t25-;/m0./s1. The van der Waals surface area contributed by atoms with Gasteiger partial charge in [0.25, 0.3) is 0 Å². The van der Waals surface area contributed by atoms with Gasteiger partial charge in [-0.15, -0.1) is 12.4 Å². The molecule has 1 atom stereocenters. The molecular formula is C26H35ClN2O. The Morgan fingerprint density at radius 1 is 0.833 bits per heavy atom. The van der Waals surface area contributed by atoms with Crippen LogP contribution in [0.1, 0.15) is 43.2 Å². The quantitative estimate of drug-likeness (QED) is 0.622. The van der Waals surface area contributed by atoms with Crippen LogP contribution in [0.2, 0.25) is 0 Å². The van der Waals surface area contributed by atoms with Crippen molar-refractivity contribution in [2.45, 2.75) is 51.0 Å². The summed E-state index contributed by atoms with van der Waals surface area (Å²) in [5, 5.41) is 0. The van der Waals surface area contributed by atoms with Crippen molar-refractivity contribution in [3.8, 4) is 0 Å². The fourth-order valence-electron chi connectivity index (χ4n) is 5.02. The first kappa shape index (κ1) is 22.8. The average molecular weight is 427 g/mol. The molecule has 3 nitrogen and oxygen atoms in total. The van der Waals surface area contributed by atoms with Gasteiger partial charge in [-0.05, 0) is 75.1 Å². The highest BCUT2D eigenvalue weighted by Gasteiger charge is 2.34. The molecule has 2 fully saturated rings. The molecule has 0 aliphatic carbocycles. The summed E-state index contributed by atoms with van der Waals surface area (Å²) in [6.07, 6.45) is 7.86. The van der Waals surface area contributed by atoms with Crippen molar-refractivity contribution in [1.82, 2.24) is 9.80 Å². The number of carbonyl (C=O) groups is 1. The maximum absolute atomic E-state index is 13.2. The van der Waals surface area contributed by atoms with Gasteiger partial charge in [0.1, 0.15) is 0 Å². The summed E-state index contributed by atoms with van der Waals surface area (Å²) in [6.45, 7) is 3.99. The minimum atomic E-state index is 0. The van der Waals surface area contributed by atoms with Crippen molar-refractivity contribution < 1.29 is 4.79 Å². The molecule has 0 bridgehead atoms. The third kappa shape index (κ3) is 6.09. The molecular weight excluding hydrogens is 392 g/mol. The predicted octanol–water partition coefficient (Wildman–Crippen LogP) is 4.99. The maximum Gasteiger partial charge on any atom is 0.239 e. The first-order valence-corrected chi connectivity index (χ1v) is 11.4. The van der Waals surface area contributed by atoms with Gasteiger partial charge in [0, 0.05) is 13.1 Å². The molecule has 2 aromatic rings. The van der Waals surface area contributed by atoms with Crippen LogP contribution in [0.25, 0.3) is 0 Å². The molecule has 30 heavy (non-hydrogen) atoms. The summed E-state index contributed by atoms with van der Waals surface area (Å²) in [5.41, 5.74) is 2.83. The van der Waals surface area contributed by atoms with Crippen molar-refractivity contribution in [3.05, 3.63) is 71.8 Å². The average Bonchev–Trinajstić information content (AvgIpc) is 3.24. The summed E-state index contributed by atoms with van der Waals surface area (Å²) < 4.78 is 0. The molecule has 4 rings (SSSR count). The van der Waals surface area contributed by atoms with Crippen molar-refractivity contribution >= 4 is 18.3 Å². The van der Waals surface area contributed by atoms with Crippen molar-refractivity contribution in [2.24, 2.45) is 5.92 Å². The van der Waals surface area contributed by atoms with Gasteiger partial charge in [0.2, 0.25) is 5.91 Å². The number of aryl methyl sites for hydroxylation is 1. The number of rotatable bonds is 7. The summed E-state index contributed by atoms with van der Waals surface area (Å²) in [7, 11) is 0. The van der Waals surface area contributed by atoms with Crippen LogP contribution in [-0.2, 0) is 17.6 Å². The van der Waals surface area contributed by atoms with E-state index in [9.17, 15) is 4.79 Å². The molecule has 0 unspecified atom stereocenters. The molecule has 1 amide bonds. The summed E-state index contributed by atoms with van der Waals surface area (Å²) in [5.74, 6) is 1.10. The fraction of sp³-hybridized carbons (Fsp3) is 0.500. The van der Waals surface area contributed by atoms with E-state index in [0.717, 1.165) is 71.1 Å². The Labute approximate surface area is 187 Å². The second kappa shape index (κ2) is 11.5. The van der Waals surface area contributed by atoms with Gasteiger partial charge >= 0.3 is 0 Å². The van der Waals surface area contributed by atoms with E-state index in [-0.39, 0.29) is 18.4 Å². The van der Waals surface area contributed by atoms with Crippen LogP contribution in [0.5, 0.6) is 0 Å². The number of hydrogen-bond acceptors (Lipinski definition) is 2. The van der Waals surface area contributed by atoms with Gasteiger partial charge in [0.15, 0.2) is 0 Å². The molecule has 2 saturated heterocycles. The smallest absolute Gasteiger partial charge is 0.239 e. The molecule has 0 spiro atoms. The highest BCUT2D eigenvalue weighted by molar-refractivity contribution is 5.85. The monoisotopic (exact) mass is 426 g/mol. The highest BCUT2D eigenvalue weighted by Crippen LogP contribution is 2.25. The zero-order valence-corrected chi connectivity index (χ0v) is 18.7. The fourth-order valence-corrected chi connectivity index (χ4v) is 5.02. The lowest BCUT2D eigenvalue weighted by Gasteiger charge is -2.35. The van der Waals surface area contributed by atoms with E-state index in [1.54, 1.807) is 0 Å². The first-order chi connectivity index (χ1) is 14.3. The second-order valence-electron chi connectivity index (χ2n) is 8.74. The van der Waals surface area contributed by atoms with Gasteiger partial charge in [-0.2, -0.15) is 0 Å². The van der Waals surface area contributed by atoms with Crippen LogP contribution in [0.3, 0.4) is 0 Å². The van der Waals surface area contributed by atoms with Crippen LogP contribution in [0.4, 0.5) is 0 Å². The Morgan fingerprint density at radius 2 is 1.47 bits per heavy atom. The van der Waals surface area contributed by atoms with E-state index < -0.39 is 0 Å². The molecule has 0 N–H and O–H groups in total. The number of halogens is 1. The number of benzene rings is 2. The second-order valence-corrected chi connectivity index (χ2v) is 8.74. The lowest BCUT2D eigenvalue weighted by atomic mass is 9.90. The molecule has 2 aromatic carbocycles. The summed E-state index contributed by atoms with van der Waals surface area (Å²) in [4.78, 5) is 17.8. The van der Waals surface area contributed by atoms with Crippen LogP contribution < -0.4 is 0 Å². The van der Waals surface area contributed by atoms with E-state index in [1.807, 2.05) is 0 Å². The Morgan fingerprint density at radius 3 is 2.13 bits per heavy atom. The van der Waals surface area contributed by atoms with Gasteiger partial charge in [-0.3, -0.25) is 9.69 Å². The topological polar surface area (TPSA) is 23.6 Å². The molecule has 0 radical (unpaired) electrons. The Kier molecular flexibility index (Phi) is 8.77. The number of carbonyl (C=O) groups excluding carboxylic acids is 1. The molecule has 2 heterocycles. The van der Waals surface area contributed by atoms with E-state index in [0.29, 0.717) is 11.8 Å². The number of nitrogens with zero attached hydrogens (tertiary/aromatic N) is 2. The number of likely N-dealkylation sites (tertiary alicyclic amines) is 2. The third-order valence-corrected chi connectivity index (χ3v) is 6.70. The SMILES string of the molecule is Cl.O=C([C@@H]1CCCN1CCCc1ccccc1)N1CCC(Cc2ccccc2)CC1. The van der Waals surface area contributed by atoms with Crippen molar-refractivity contribution in [1.29, 1.82) is 0 Å². The normalized spacial score (nSPS) is 20.1. The van der Waals surface area contributed by atoms with Crippen LogP contribution in [-0.4, -0.2) is 47.9 Å². The molecule has 2 aliphatic heterocycles. The van der Waals surface area contributed by atoms with Gasteiger partial charge in [-0.25, -0.2) is 0 Å². The Hall–Kier alpha value is -1.84. The predicted molar refractivity (Wildman–Crippen MR) is 126 cm³/mol. The van der Waals surface area contributed by atoms with E-state index in [1.165, 1.54) is 11.1 Å². The lowest BCUT2D eigenvalue weighted by molar-refractivity contribution is -0.137. The minimum Gasteiger partial charge on any atom is -0.341 e. The number of hydrogen-bond donors (Lipinski definition) is 0. The summed E-state index contributed by atoms with van der Waals surface area (Å²) >= 11 is 0. The molecule has 162 valence electrons. The van der Waals surface area contributed by atoms with E-state index in [4.69, 9.17) is 0 Å². The molecule has 0 aromatic heterocycles. The van der Waals surface area contributed by atoms with Crippen LogP contribution in [0, 0.1) is 5.92 Å². The first-order valence-electron chi connectivity index (χ1n) is 11.4.